The number of hydrogen-bond acceptors (Lipinski definition) is 2. The lowest BCUT2D eigenvalue weighted by atomic mass is 10.1. The van der Waals surface area contributed by atoms with Crippen LogP contribution in [0.5, 0.6) is 0 Å². The first-order valence-corrected chi connectivity index (χ1v) is 7.02. The zero-order valence-corrected chi connectivity index (χ0v) is 10.9. The summed E-state index contributed by atoms with van der Waals surface area (Å²) in [4.78, 5) is 2.36. The van der Waals surface area contributed by atoms with Crippen LogP contribution in [-0.4, -0.2) is 13.6 Å². The van der Waals surface area contributed by atoms with Gasteiger partial charge in [-0.2, -0.15) is 11.3 Å². The van der Waals surface area contributed by atoms with Gasteiger partial charge < -0.3 is 4.90 Å². The van der Waals surface area contributed by atoms with Crippen molar-refractivity contribution < 1.29 is 0 Å². The third kappa shape index (κ3) is 5.22. The summed E-state index contributed by atoms with van der Waals surface area (Å²) in [5.41, 5.74) is 1.37. The van der Waals surface area contributed by atoms with Crippen molar-refractivity contribution in [3.05, 3.63) is 16.8 Å². The van der Waals surface area contributed by atoms with Gasteiger partial charge in [0, 0.05) is 24.7 Å². The molecule has 2 heteroatoms. The molecule has 0 spiro atoms. The molecule has 0 aliphatic carbocycles. The molecule has 1 aromatic rings. The first-order valence-electron chi connectivity index (χ1n) is 6.08. The van der Waals surface area contributed by atoms with Gasteiger partial charge in [0.1, 0.15) is 0 Å². The third-order valence-electron chi connectivity index (χ3n) is 2.79. The highest BCUT2D eigenvalue weighted by molar-refractivity contribution is 7.08. The minimum Gasteiger partial charge on any atom is -0.374 e. The highest BCUT2D eigenvalue weighted by Crippen LogP contribution is 2.17. The van der Waals surface area contributed by atoms with Crippen molar-refractivity contribution in [3.8, 4) is 0 Å². The van der Waals surface area contributed by atoms with Gasteiger partial charge in [0.2, 0.25) is 0 Å². The second-order valence-corrected chi connectivity index (χ2v) is 4.95. The van der Waals surface area contributed by atoms with Gasteiger partial charge in [-0.05, 0) is 17.9 Å². The second kappa shape index (κ2) is 7.75. The number of thiophene rings is 1. The van der Waals surface area contributed by atoms with Crippen LogP contribution in [0.4, 0.5) is 5.69 Å². The molecule has 1 heterocycles. The summed E-state index contributed by atoms with van der Waals surface area (Å²) in [5, 5.41) is 4.37. The number of anilines is 1. The molecule has 1 rings (SSSR count). The van der Waals surface area contributed by atoms with Gasteiger partial charge in [0.15, 0.2) is 0 Å². The van der Waals surface area contributed by atoms with E-state index in [1.807, 2.05) is 0 Å². The number of rotatable bonds is 8. The molecule has 0 radical (unpaired) electrons. The van der Waals surface area contributed by atoms with Crippen molar-refractivity contribution in [1.82, 2.24) is 0 Å². The maximum atomic E-state index is 2.36. The van der Waals surface area contributed by atoms with Gasteiger partial charge in [-0.1, -0.05) is 39.0 Å². The molecule has 0 aromatic carbocycles. The minimum absolute atomic E-state index is 1.20. The van der Waals surface area contributed by atoms with E-state index in [0.29, 0.717) is 0 Å². The highest BCUT2D eigenvalue weighted by atomic mass is 32.1. The Morgan fingerprint density at radius 2 is 1.87 bits per heavy atom. The summed E-state index contributed by atoms with van der Waals surface area (Å²) >= 11 is 1.78. The fourth-order valence-electron chi connectivity index (χ4n) is 1.73. The van der Waals surface area contributed by atoms with E-state index >= 15 is 0 Å². The van der Waals surface area contributed by atoms with Crippen LogP contribution in [-0.2, 0) is 0 Å². The molecule has 0 saturated carbocycles. The lowest BCUT2D eigenvalue weighted by Gasteiger charge is -2.17. The molecule has 15 heavy (non-hydrogen) atoms. The summed E-state index contributed by atoms with van der Waals surface area (Å²) < 4.78 is 0. The van der Waals surface area contributed by atoms with Gasteiger partial charge in [0.05, 0.1) is 0 Å². The maximum Gasteiger partial charge on any atom is 0.0472 e. The number of nitrogens with zero attached hydrogens (tertiary/aromatic N) is 1. The van der Waals surface area contributed by atoms with Crippen LogP contribution < -0.4 is 4.90 Å². The number of hydrogen-bond donors (Lipinski definition) is 0. The van der Waals surface area contributed by atoms with Gasteiger partial charge in [-0.15, -0.1) is 0 Å². The first-order chi connectivity index (χ1) is 7.34. The molecule has 1 nitrogen and oxygen atoms in total. The lowest BCUT2D eigenvalue weighted by Crippen LogP contribution is -2.17. The summed E-state index contributed by atoms with van der Waals surface area (Å²) in [6, 6.07) is 2.20. The Morgan fingerprint density at radius 1 is 1.13 bits per heavy atom. The van der Waals surface area contributed by atoms with Crippen molar-refractivity contribution >= 4 is 17.0 Å². The molecule has 0 unspecified atom stereocenters. The van der Waals surface area contributed by atoms with Crippen molar-refractivity contribution in [3.63, 3.8) is 0 Å². The first kappa shape index (κ1) is 12.6. The van der Waals surface area contributed by atoms with E-state index in [1.54, 1.807) is 11.3 Å². The molecule has 0 amide bonds. The fraction of sp³-hybridized carbons (Fsp3) is 0.692. The predicted molar refractivity (Wildman–Crippen MR) is 71.0 cm³/mol. The molecule has 1 aromatic heterocycles. The Labute approximate surface area is 98.1 Å². The topological polar surface area (TPSA) is 3.24 Å². The van der Waals surface area contributed by atoms with Crippen LogP contribution in [0.1, 0.15) is 45.4 Å². The fourth-order valence-corrected chi connectivity index (χ4v) is 2.43. The van der Waals surface area contributed by atoms with Crippen LogP contribution in [0.15, 0.2) is 16.8 Å². The van der Waals surface area contributed by atoms with Crippen molar-refractivity contribution in [2.75, 3.05) is 18.5 Å². The van der Waals surface area contributed by atoms with Crippen LogP contribution in [0.3, 0.4) is 0 Å². The highest BCUT2D eigenvalue weighted by Gasteiger charge is 1.99. The summed E-state index contributed by atoms with van der Waals surface area (Å²) in [6.45, 7) is 3.47. The Hall–Kier alpha value is -0.500. The SMILES string of the molecule is CCCCCCCCN(C)c1ccsc1. The standard InChI is InChI=1S/C13H23NS/c1-3-4-5-6-7-8-10-14(2)13-9-11-15-12-13/h9,11-12H,3-8,10H2,1-2H3. The van der Waals surface area contributed by atoms with E-state index in [2.05, 4.69) is 35.7 Å². The minimum atomic E-state index is 1.20. The summed E-state index contributed by atoms with van der Waals surface area (Å²) in [7, 11) is 2.19. The van der Waals surface area contributed by atoms with Crippen LogP contribution in [0.2, 0.25) is 0 Å². The second-order valence-electron chi connectivity index (χ2n) is 4.17. The molecule has 0 fully saturated rings. The monoisotopic (exact) mass is 225 g/mol. The molecular formula is C13H23NS. The number of unbranched alkanes of at least 4 members (excludes halogenated alkanes) is 5. The van der Waals surface area contributed by atoms with E-state index in [4.69, 9.17) is 0 Å². The Morgan fingerprint density at radius 3 is 2.53 bits per heavy atom. The predicted octanol–water partition coefficient (Wildman–Crippen LogP) is 4.54. The molecule has 0 aliphatic rings. The lowest BCUT2D eigenvalue weighted by molar-refractivity contribution is 0.606. The maximum absolute atomic E-state index is 2.36. The van der Waals surface area contributed by atoms with Crippen LogP contribution in [0.25, 0.3) is 0 Å². The zero-order valence-electron chi connectivity index (χ0n) is 10.0. The van der Waals surface area contributed by atoms with E-state index in [0.717, 1.165) is 0 Å². The smallest absolute Gasteiger partial charge is 0.0472 e. The van der Waals surface area contributed by atoms with Crippen molar-refractivity contribution in [2.24, 2.45) is 0 Å². The molecule has 0 aliphatic heterocycles. The van der Waals surface area contributed by atoms with E-state index < -0.39 is 0 Å². The Balaban J connectivity index is 2.00. The van der Waals surface area contributed by atoms with Crippen LogP contribution >= 0.6 is 11.3 Å². The Kier molecular flexibility index (Phi) is 6.49. The average Bonchev–Trinajstić information content (AvgIpc) is 2.76. The quantitative estimate of drug-likeness (QED) is 0.587. The normalized spacial score (nSPS) is 10.5. The molecule has 0 N–H and O–H groups in total. The van der Waals surface area contributed by atoms with E-state index in [9.17, 15) is 0 Å². The molecule has 0 saturated heterocycles. The molecule has 0 atom stereocenters. The van der Waals surface area contributed by atoms with Gasteiger partial charge >= 0.3 is 0 Å². The van der Waals surface area contributed by atoms with Crippen LogP contribution in [0, 0.1) is 0 Å². The van der Waals surface area contributed by atoms with Crippen molar-refractivity contribution in [2.45, 2.75) is 45.4 Å². The molecule has 86 valence electrons. The van der Waals surface area contributed by atoms with Gasteiger partial charge in [-0.25, -0.2) is 0 Å². The zero-order chi connectivity index (χ0) is 10.9. The average molecular weight is 225 g/mol. The summed E-state index contributed by atoms with van der Waals surface area (Å²) in [5.74, 6) is 0. The summed E-state index contributed by atoms with van der Waals surface area (Å²) in [6.07, 6.45) is 8.28. The largest absolute Gasteiger partial charge is 0.374 e. The third-order valence-corrected chi connectivity index (χ3v) is 3.46. The molecule has 0 bridgehead atoms. The van der Waals surface area contributed by atoms with Gasteiger partial charge in [-0.3, -0.25) is 0 Å². The van der Waals surface area contributed by atoms with Gasteiger partial charge in [0.25, 0.3) is 0 Å². The van der Waals surface area contributed by atoms with E-state index in [-0.39, 0.29) is 0 Å². The van der Waals surface area contributed by atoms with E-state index in [1.165, 1.54) is 50.8 Å². The molecular weight excluding hydrogens is 202 g/mol. The Bertz CT molecular complexity index is 231. The van der Waals surface area contributed by atoms with Crippen molar-refractivity contribution in [1.29, 1.82) is 0 Å².